The number of carboxylic acids is 2. The monoisotopic (exact) mass is 513 g/mol. The van der Waals surface area contributed by atoms with Crippen molar-refractivity contribution in [1.29, 1.82) is 10.5 Å². The van der Waals surface area contributed by atoms with E-state index in [1.54, 1.807) is 0 Å². The molecule has 0 aliphatic rings. The molecule has 0 fully saturated rings. The summed E-state index contributed by atoms with van der Waals surface area (Å²) in [4.78, 5) is 34.8. The summed E-state index contributed by atoms with van der Waals surface area (Å²) >= 11 is 6.12. The van der Waals surface area contributed by atoms with Crippen LogP contribution in [0, 0.1) is 34.4 Å². The SMILES string of the molecule is Cn1c(Cc2ccc(Cl)c(Oc3cc(C#N)cc(C#N)c3)c2F)nn(CC(CC(=O)O)C(=O)O)c1=O. The van der Waals surface area contributed by atoms with Gasteiger partial charge in [0.2, 0.25) is 0 Å². The lowest BCUT2D eigenvalue weighted by atomic mass is 10.1. The fraction of sp³-hybridized carbons (Fsp3) is 0.217. The number of nitriles is 2. The van der Waals surface area contributed by atoms with E-state index in [0.717, 1.165) is 9.25 Å². The second-order valence-corrected chi connectivity index (χ2v) is 8.08. The average Bonchev–Trinajstić information content (AvgIpc) is 3.10. The van der Waals surface area contributed by atoms with Gasteiger partial charge >= 0.3 is 17.6 Å². The van der Waals surface area contributed by atoms with Crippen molar-refractivity contribution in [2.75, 3.05) is 0 Å². The van der Waals surface area contributed by atoms with Crippen LogP contribution in [0.4, 0.5) is 4.39 Å². The summed E-state index contributed by atoms with van der Waals surface area (Å²) in [6.07, 6.45) is -0.919. The number of rotatable bonds is 9. The molecule has 0 bridgehead atoms. The lowest BCUT2D eigenvalue weighted by molar-refractivity contribution is -0.148. The number of carboxylic acid groups (broad SMARTS) is 2. The number of hydrogen-bond donors (Lipinski definition) is 2. The fourth-order valence-electron chi connectivity index (χ4n) is 3.33. The van der Waals surface area contributed by atoms with Gasteiger partial charge in [-0.2, -0.15) is 15.6 Å². The zero-order chi connectivity index (χ0) is 26.6. The van der Waals surface area contributed by atoms with Crippen LogP contribution >= 0.6 is 11.6 Å². The highest BCUT2D eigenvalue weighted by atomic mass is 35.5. The molecule has 0 radical (unpaired) electrons. The summed E-state index contributed by atoms with van der Waals surface area (Å²) in [6, 6.07) is 10.4. The Morgan fingerprint density at radius 1 is 1.19 bits per heavy atom. The van der Waals surface area contributed by atoms with Gasteiger partial charge < -0.3 is 14.9 Å². The number of aliphatic carboxylic acids is 2. The van der Waals surface area contributed by atoms with Crippen molar-refractivity contribution in [1.82, 2.24) is 14.3 Å². The first-order valence-electron chi connectivity index (χ1n) is 10.2. The second-order valence-electron chi connectivity index (χ2n) is 7.67. The number of halogens is 2. The van der Waals surface area contributed by atoms with Gasteiger partial charge in [0.15, 0.2) is 11.6 Å². The van der Waals surface area contributed by atoms with Crippen LogP contribution < -0.4 is 10.4 Å². The van der Waals surface area contributed by atoms with Crippen LogP contribution in [-0.2, 0) is 29.6 Å². The third-order valence-corrected chi connectivity index (χ3v) is 5.45. The molecule has 36 heavy (non-hydrogen) atoms. The Morgan fingerprint density at radius 3 is 2.39 bits per heavy atom. The van der Waals surface area contributed by atoms with Crippen LogP contribution in [0.2, 0.25) is 5.02 Å². The Labute approximate surface area is 207 Å². The van der Waals surface area contributed by atoms with E-state index < -0.39 is 42.3 Å². The first-order valence-corrected chi connectivity index (χ1v) is 10.6. The third kappa shape index (κ3) is 5.68. The number of carbonyl (C=O) groups is 2. The highest BCUT2D eigenvalue weighted by Gasteiger charge is 2.25. The first kappa shape index (κ1) is 25.9. The molecule has 1 unspecified atom stereocenters. The highest BCUT2D eigenvalue weighted by Crippen LogP contribution is 2.35. The van der Waals surface area contributed by atoms with Gasteiger partial charge in [0.1, 0.15) is 11.6 Å². The molecule has 3 rings (SSSR count). The van der Waals surface area contributed by atoms with Gasteiger partial charge in [-0.3, -0.25) is 14.2 Å². The van der Waals surface area contributed by atoms with Crippen molar-refractivity contribution in [3.8, 4) is 23.6 Å². The standard InChI is InChI=1S/C23H17ClFN5O6/c1-29-18(28-30(23(29)35)11-15(22(33)34)8-19(31)32)7-14-2-3-17(24)21(20(14)25)36-16-5-12(9-26)4-13(6-16)10-27/h2-6,15H,7-8,11H2,1H3,(H,31,32)(H,33,34). The molecular formula is C23H17ClFN5O6. The van der Waals surface area contributed by atoms with Gasteiger partial charge in [-0.05, 0) is 29.8 Å². The topological polar surface area (TPSA) is 171 Å². The molecule has 184 valence electrons. The Morgan fingerprint density at radius 2 is 1.83 bits per heavy atom. The van der Waals surface area contributed by atoms with Gasteiger partial charge in [0, 0.05) is 13.5 Å². The molecular weight excluding hydrogens is 497 g/mol. The van der Waals surface area contributed by atoms with Crippen molar-refractivity contribution in [2.45, 2.75) is 19.4 Å². The molecule has 0 saturated carbocycles. The fourth-order valence-corrected chi connectivity index (χ4v) is 3.52. The quantitative estimate of drug-likeness (QED) is 0.436. The van der Waals surface area contributed by atoms with Crippen LogP contribution in [-0.4, -0.2) is 36.5 Å². The number of ether oxygens (including phenoxy) is 1. The second kappa shape index (κ2) is 10.7. The Balaban J connectivity index is 1.93. The van der Waals surface area contributed by atoms with Crippen LogP contribution in [0.1, 0.15) is 28.9 Å². The summed E-state index contributed by atoms with van der Waals surface area (Å²) in [6.45, 7) is -0.484. The Kier molecular flexibility index (Phi) is 7.72. The van der Waals surface area contributed by atoms with Gasteiger partial charge in [-0.25, -0.2) is 13.9 Å². The van der Waals surface area contributed by atoms with Crippen LogP contribution in [0.15, 0.2) is 35.1 Å². The van der Waals surface area contributed by atoms with Crippen molar-refractivity contribution in [3.63, 3.8) is 0 Å². The van der Waals surface area contributed by atoms with E-state index in [9.17, 15) is 19.5 Å². The molecule has 2 aromatic carbocycles. The minimum Gasteiger partial charge on any atom is -0.481 e. The number of nitrogens with zero attached hydrogens (tertiary/aromatic N) is 5. The zero-order valence-corrected chi connectivity index (χ0v) is 19.4. The molecule has 0 aliphatic heterocycles. The normalized spacial score (nSPS) is 11.4. The maximum absolute atomic E-state index is 15.4. The summed E-state index contributed by atoms with van der Waals surface area (Å²) < 4.78 is 22.8. The van der Waals surface area contributed by atoms with Crippen molar-refractivity contribution in [3.05, 3.63) is 74.2 Å². The summed E-state index contributed by atoms with van der Waals surface area (Å²) in [5, 5.41) is 40.4. The average molecular weight is 514 g/mol. The molecule has 0 aliphatic carbocycles. The highest BCUT2D eigenvalue weighted by molar-refractivity contribution is 6.32. The molecule has 0 amide bonds. The number of aromatic nitrogens is 3. The van der Waals surface area contributed by atoms with E-state index in [-0.39, 0.29) is 45.5 Å². The maximum atomic E-state index is 15.4. The van der Waals surface area contributed by atoms with E-state index >= 15 is 4.39 Å². The van der Waals surface area contributed by atoms with E-state index in [1.807, 2.05) is 12.1 Å². The molecule has 13 heteroatoms. The number of hydrogen-bond acceptors (Lipinski definition) is 7. The minimum atomic E-state index is -1.40. The maximum Gasteiger partial charge on any atom is 0.345 e. The number of benzene rings is 2. The van der Waals surface area contributed by atoms with E-state index in [1.165, 1.54) is 37.4 Å². The lowest BCUT2D eigenvalue weighted by Gasteiger charge is -2.12. The minimum absolute atomic E-state index is 0.0124. The van der Waals surface area contributed by atoms with E-state index in [2.05, 4.69) is 5.10 Å². The predicted molar refractivity (Wildman–Crippen MR) is 121 cm³/mol. The van der Waals surface area contributed by atoms with Crippen LogP contribution in [0.5, 0.6) is 11.5 Å². The van der Waals surface area contributed by atoms with Gasteiger partial charge in [-0.1, -0.05) is 17.7 Å². The van der Waals surface area contributed by atoms with E-state index in [0.29, 0.717) is 0 Å². The Bertz CT molecular complexity index is 1470. The summed E-state index contributed by atoms with van der Waals surface area (Å²) in [5.74, 6) is -5.29. The molecule has 1 aromatic heterocycles. The molecule has 0 saturated heterocycles. The van der Waals surface area contributed by atoms with Crippen LogP contribution in [0.25, 0.3) is 0 Å². The summed E-state index contributed by atoms with van der Waals surface area (Å²) in [7, 11) is 1.36. The van der Waals surface area contributed by atoms with Crippen LogP contribution in [0.3, 0.4) is 0 Å². The van der Waals surface area contributed by atoms with Gasteiger partial charge in [0.25, 0.3) is 0 Å². The Hall–Kier alpha value is -4.68. The van der Waals surface area contributed by atoms with E-state index in [4.69, 9.17) is 32.0 Å². The zero-order valence-electron chi connectivity index (χ0n) is 18.6. The van der Waals surface area contributed by atoms with Crippen molar-refractivity contribution < 1.29 is 28.9 Å². The smallest absolute Gasteiger partial charge is 0.345 e. The molecule has 3 aromatic rings. The third-order valence-electron chi connectivity index (χ3n) is 5.16. The largest absolute Gasteiger partial charge is 0.481 e. The first-order chi connectivity index (χ1) is 17.0. The van der Waals surface area contributed by atoms with Gasteiger partial charge in [-0.15, -0.1) is 0 Å². The lowest BCUT2D eigenvalue weighted by Crippen LogP contribution is -2.30. The van der Waals surface area contributed by atoms with Gasteiger partial charge in [0.05, 0.1) is 47.2 Å². The molecule has 1 heterocycles. The molecule has 0 spiro atoms. The van der Waals surface area contributed by atoms with Crippen molar-refractivity contribution in [2.24, 2.45) is 13.0 Å². The molecule has 1 atom stereocenters. The van der Waals surface area contributed by atoms with Crippen molar-refractivity contribution >= 4 is 23.5 Å². The predicted octanol–water partition coefficient (Wildman–Crippen LogP) is 2.68. The summed E-state index contributed by atoms with van der Waals surface area (Å²) in [5.41, 5.74) is -0.420. The molecule has 2 N–H and O–H groups in total. The molecule has 11 nitrogen and oxygen atoms in total.